The summed E-state index contributed by atoms with van der Waals surface area (Å²) in [6.07, 6.45) is 4.61. The van der Waals surface area contributed by atoms with Crippen LogP contribution in [0.25, 0.3) is 0 Å². The first-order chi connectivity index (χ1) is 12.5. The van der Waals surface area contributed by atoms with E-state index in [0.29, 0.717) is 5.56 Å². The Bertz CT molecular complexity index is 683. The number of halogens is 1. The normalized spacial score (nSPS) is 21.3. The molecule has 2 fully saturated rings. The van der Waals surface area contributed by atoms with Crippen LogP contribution in [0.4, 0.5) is 4.39 Å². The predicted octanol–water partition coefficient (Wildman–Crippen LogP) is 1.94. The highest BCUT2D eigenvalue weighted by molar-refractivity contribution is 5.94. The zero-order valence-corrected chi connectivity index (χ0v) is 14.6. The lowest BCUT2D eigenvalue weighted by Crippen LogP contribution is -2.47. The van der Waals surface area contributed by atoms with Gasteiger partial charge in [-0.1, -0.05) is 6.42 Å². The number of rotatable bonds is 5. The summed E-state index contributed by atoms with van der Waals surface area (Å²) >= 11 is 0. The van der Waals surface area contributed by atoms with Crippen molar-refractivity contribution in [2.45, 2.75) is 44.1 Å². The first kappa shape index (κ1) is 18.4. The van der Waals surface area contributed by atoms with Crippen molar-refractivity contribution in [1.82, 2.24) is 10.6 Å². The molecule has 0 bridgehead atoms. The van der Waals surface area contributed by atoms with Crippen LogP contribution in [0.3, 0.4) is 0 Å². The molecule has 26 heavy (non-hydrogen) atoms. The monoisotopic (exact) mass is 362 g/mol. The van der Waals surface area contributed by atoms with Gasteiger partial charge in [0.2, 0.25) is 5.91 Å². The molecule has 6 nitrogen and oxygen atoms in total. The van der Waals surface area contributed by atoms with E-state index in [2.05, 4.69) is 10.6 Å². The maximum absolute atomic E-state index is 12.9. The number of carbonyl (C=O) groups is 3. The van der Waals surface area contributed by atoms with Crippen molar-refractivity contribution in [2.24, 2.45) is 5.92 Å². The summed E-state index contributed by atoms with van der Waals surface area (Å²) in [5.74, 6) is -1.70. The van der Waals surface area contributed by atoms with Gasteiger partial charge in [0.05, 0.1) is 12.3 Å². The Morgan fingerprint density at radius 2 is 1.73 bits per heavy atom. The third kappa shape index (κ3) is 4.03. The second kappa shape index (κ2) is 7.85. The topological polar surface area (TPSA) is 84.5 Å². The molecule has 2 aliphatic rings. The van der Waals surface area contributed by atoms with Crippen molar-refractivity contribution in [3.63, 3.8) is 0 Å². The summed E-state index contributed by atoms with van der Waals surface area (Å²) in [5.41, 5.74) is -0.287. The van der Waals surface area contributed by atoms with E-state index in [1.54, 1.807) is 0 Å². The number of hydrogen-bond acceptors (Lipinski definition) is 4. The third-order valence-corrected chi connectivity index (χ3v) is 5.16. The van der Waals surface area contributed by atoms with Crippen LogP contribution < -0.4 is 10.6 Å². The fraction of sp³-hybridized carbons (Fsp3) is 0.526. The smallest absolute Gasteiger partial charge is 0.307 e. The van der Waals surface area contributed by atoms with E-state index in [9.17, 15) is 18.8 Å². The Hall–Kier alpha value is -2.44. The lowest BCUT2D eigenvalue weighted by molar-refractivity contribution is -0.153. The molecule has 1 saturated heterocycles. The Morgan fingerprint density at radius 1 is 1.08 bits per heavy atom. The lowest BCUT2D eigenvalue weighted by atomic mass is 9.75. The van der Waals surface area contributed by atoms with E-state index in [-0.39, 0.29) is 37.3 Å². The van der Waals surface area contributed by atoms with E-state index in [0.717, 1.165) is 32.1 Å². The molecule has 1 aromatic carbocycles. The number of ether oxygens (including phenoxy) is 1. The van der Waals surface area contributed by atoms with Gasteiger partial charge in [0.25, 0.3) is 5.91 Å². The number of hydrogen-bond donors (Lipinski definition) is 2. The molecule has 1 aliphatic carbocycles. The summed E-state index contributed by atoms with van der Waals surface area (Å²) in [6, 6.07) is 5.24. The molecule has 1 aromatic rings. The van der Waals surface area contributed by atoms with Gasteiger partial charge in [-0.3, -0.25) is 14.4 Å². The number of amides is 2. The van der Waals surface area contributed by atoms with E-state index in [1.165, 1.54) is 24.3 Å². The van der Waals surface area contributed by atoms with Crippen LogP contribution in [0.5, 0.6) is 0 Å². The predicted molar refractivity (Wildman–Crippen MR) is 91.8 cm³/mol. The van der Waals surface area contributed by atoms with Crippen molar-refractivity contribution >= 4 is 17.8 Å². The van der Waals surface area contributed by atoms with Gasteiger partial charge in [-0.15, -0.1) is 0 Å². The summed E-state index contributed by atoms with van der Waals surface area (Å²) in [4.78, 5) is 36.2. The molecule has 3 rings (SSSR count). The fourth-order valence-electron chi connectivity index (χ4n) is 3.81. The minimum atomic E-state index is -0.642. The molecular formula is C19H23FN2O4. The highest BCUT2D eigenvalue weighted by Crippen LogP contribution is 2.44. The number of benzene rings is 1. The summed E-state index contributed by atoms with van der Waals surface area (Å²) in [6.45, 7) is 0.503. The summed E-state index contributed by atoms with van der Waals surface area (Å²) in [5, 5.41) is 5.46. The second-order valence-corrected chi connectivity index (χ2v) is 6.91. The SMILES string of the molecule is O=C1C[C@H](C(=O)NCCNC(=O)c2ccc(F)cc2)C2(CCCCC2)O1. The zero-order valence-electron chi connectivity index (χ0n) is 14.6. The Morgan fingerprint density at radius 3 is 2.42 bits per heavy atom. The molecule has 1 spiro atoms. The maximum Gasteiger partial charge on any atom is 0.307 e. The van der Waals surface area contributed by atoms with Gasteiger partial charge in [0.15, 0.2) is 0 Å². The van der Waals surface area contributed by atoms with Crippen LogP contribution in [0.1, 0.15) is 48.9 Å². The Balaban J connectivity index is 1.47. The van der Waals surface area contributed by atoms with Gasteiger partial charge in [-0.05, 0) is 49.9 Å². The quantitative estimate of drug-likeness (QED) is 0.619. The summed E-state index contributed by atoms with van der Waals surface area (Å²) in [7, 11) is 0. The van der Waals surface area contributed by atoms with Gasteiger partial charge >= 0.3 is 5.97 Å². The van der Waals surface area contributed by atoms with Gasteiger partial charge < -0.3 is 15.4 Å². The highest BCUT2D eigenvalue weighted by Gasteiger charge is 2.52. The molecular weight excluding hydrogens is 339 g/mol. The molecule has 1 atom stereocenters. The van der Waals surface area contributed by atoms with Crippen molar-refractivity contribution in [3.05, 3.63) is 35.6 Å². The van der Waals surface area contributed by atoms with E-state index >= 15 is 0 Å². The first-order valence-corrected chi connectivity index (χ1v) is 9.03. The average Bonchev–Trinajstić information content (AvgIpc) is 2.95. The van der Waals surface area contributed by atoms with Gasteiger partial charge in [0.1, 0.15) is 11.4 Å². The molecule has 1 heterocycles. The van der Waals surface area contributed by atoms with Gasteiger partial charge in [-0.25, -0.2) is 4.39 Å². The molecule has 0 radical (unpaired) electrons. The minimum absolute atomic E-state index is 0.119. The minimum Gasteiger partial charge on any atom is -0.458 e. The van der Waals surface area contributed by atoms with Crippen LogP contribution in [0.2, 0.25) is 0 Å². The largest absolute Gasteiger partial charge is 0.458 e. The maximum atomic E-state index is 12.9. The number of nitrogens with one attached hydrogen (secondary N) is 2. The zero-order chi connectivity index (χ0) is 18.6. The molecule has 0 unspecified atom stereocenters. The lowest BCUT2D eigenvalue weighted by Gasteiger charge is -2.36. The highest BCUT2D eigenvalue weighted by atomic mass is 19.1. The standard InChI is InChI=1S/C19H23FN2O4/c20-14-6-4-13(5-7-14)17(24)21-10-11-22-18(25)15-12-16(23)26-19(15)8-2-1-3-9-19/h4-7,15H,1-3,8-12H2,(H,21,24)(H,22,25)/t15-/m1/s1. The molecule has 140 valence electrons. The van der Waals surface area contributed by atoms with Crippen molar-refractivity contribution in [2.75, 3.05) is 13.1 Å². The number of carbonyl (C=O) groups excluding carboxylic acids is 3. The molecule has 2 amide bonds. The van der Waals surface area contributed by atoms with Crippen LogP contribution >= 0.6 is 0 Å². The average molecular weight is 362 g/mol. The van der Waals surface area contributed by atoms with E-state index < -0.39 is 17.3 Å². The molecule has 0 aromatic heterocycles. The van der Waals surface area contributed by atoms with E-state index in [1.807, 2.05) is 0 Å². The molecule has 7 heteroatoms. The second-order valence-electron chi connectivity index (χ2n) is 6.91. The number of esters is 1. The third-order valence-electron chi connectivity index (χ3n) is 5.16. The summed E-state index contributed by atoms with van der Waals surface area (Å²) < 4.78 is 18.4. The van der Waals surface area contributed by atoms with Crippen molar-refractivity contribution in [3.8, 4) is 0 Å². The molecule has 2 N–H and O–H groups in total. The van der Waals surface area contributed by atoms with E-state index in [4.69, 9.17) is 4.74 Å². The van der Waals surface area contributed by atoms with Gasteiger partial charge in [-0.2, -0.15) is 0 Å². The van der Waals surface area contributed by atoms with Gasteiger partial charge in [0, 0.05) is 18.7 Å². The Labute approximate surface area is 151 Å². The van der Waals surface area contributed by atoms with Crippen LogP contribution in [0.15, 0.2) is 24.3 Å². The van der Waals surface area contributed by atoms with Crippen LogP contribution in [-0.4, -0.2) is 36.5 Å². The fourth-order valence-corrected chi connectivity index (χ4v) is 3.81. The van der Waals surface area contributed by atoms with Crippen LogP contribution in [0, 0.1) is 11.7 Å². The van der Waals surface area contributed by atoms with Crippen molar-refractivity contribution < 1.29 is 23.5 Å². The van der Waals surface area contributed by atoms with Crippen molar-refractivity contribution in [1.29, 1.82) is 0 Å². The Kier molecular flexibility index (Phi) is 5.54. The molecule has 1 saturated carbocycles. The molecule has 1 aliphatic heterocycles. The van der Waals surface area contributed by atoms with Crippen LogP contribution in [-0.2, 0) is 14.3 Å². The first-order valence-electron chi connectivity index (χ1n) is 9.03.